The predicted molar refractivity (Wildman–Crippen MR) is 74.2 cm³/mol. The Labute approximate surface area is 111 Å². The van der Waals surface area contributed by atoms with E-state index in [0.717, 1.165) is 0 Å². The van der Waals surface area contributed by atoms with Crippen molar-refractivity contribution in [2.45, 2.75) is 54.0 Å². The largest absolute Gasteiger partial charge is 0.334 e. The van der Waals surface area contributed by atoms with Crippen LogP contribution in [0.5, 0.6) is 0 Å². The highest BCUT2D eigenvalue weighted by molar-refractivity contribution is 6.35. The van der Waals surface area contributed by atoms with E-state index in [1.165, 1.54) is 0 Å². The minimum absolute atomic E-state index is 0.321. The van der Waals surface area contributed by atoms with Crippen molar-refractivity contribution in [3.63, 3.8) is 0 Å². The highest BCUT2D eigenvalue weighted by Crippen LogP contribution is 2.14. The molecule has 0 atom stereocenters. The van der Waals surface area contributed by atoms with Crippen molar-refractivity contribution in [1.82, 2.24) is 9.80 Å². The molecule has 0 spiro atoms. The van der Waals surface area contributed by atoms with Crippen LogP contribution in [0.4, 0.5) is 0 Å². The number of carbonyl (C=O) groups excluding carboxylic acids is 2. The Bertz CT molecular complexity index is 293. The number of rotatable bonds is 4. The van der Waals surface area contributed by atoms with E-state index in [-0.39, 0.29) is 11.4 Å². The molecule has 0 aromatic rings. The summed E-state index contributed by atoms with van der Waals surface area (Å²) in [5.74, 6) is -0.415. The molecular formula is C14H28N2O2. The molecule has 0 saturated carbocycles. The zero-order chi connectivity index (χ0) is 14.5. The molecule has 0 N–H and O–H groups in total. The first-order valence-corrected chi connectivity index (χ1v) is 6.75. The fourth-order valence-electron chi connectivity index (χ4n) is 1.97. The molecule has 18 heavy (non-hydrogen) atoms. The molecule has 106 valence electrons. The molecule has 4 heteroatoms. The van der Waals surface area contributed by atoms with E-state index in [1.807, 2.05) is 48.5 Å². The van der Waals surface area contributed by atoms with Crippen molar-refractivity contribution in [2.75, 3.05) is 19.6 Å². The number of likely N-dealkylation sites (N-methyl/N-ethyl adjacent to an activating group) is 2. The number of amides is 2. The van der Waals surface area contributed by atoms with Gasteiger partial charge in [0.2, 0.25) is 0 Å². The fraction of sp³-hybridized carbons (Fsp3) is 0.857. The smallest absolute Gasteiger partial charge is 0.312 e. The lowest BCUT2D eigenvalue weighted by Gasteiger charge is -2.35. The van der Waals surface area contributed by atoms with Crippen molar-refractivity contribution in [1.29, 1.82) is 0 Å². The monoisotopic (exact) mass is 256 g/mol. The normalized spacial score (nSPS) is 11.6. The first-order valence-electron chi connectivity index (χ1n) is 6.75. The van der Waals surface area contributed by atoms with Gasteiger partial charge in [0.15, 0.2) is 0 Å². The SMILES string of the molecule is CCN(CC(C)C)C(=O)C(=O)N(CC)C(C)(C)C. The van der Waals surface area contributed by atoms with E-state index in [9.17, 15) is 9.59 Å². The summed E-state index contributed by atoms with van der Waals surface area (Å²) in [5.41, 5.74) is -0.321. The van der Waals surface area contributed by atoms with Crippen LogP contribution in [0.2, 0.25) is 0 Å². The quantitative estimate of drug-likeness (QED) is 0.723. The van der Waals surface area contributed by atoms with Gasteiger partial charge in [0.05, 0.1) is 0 Å². The molecule has 4 nitrogen and oxygen atoms in total. The van der Waals surface area contributed by atoms with Crippen LogP contribution in [0.1, 0.15) is 48.5 Å². The number of hydrogen-bond acceptors (Lipinski definition) is 2. The molecule has 0 aliphatic heterocycles. The Balaban J connectivity index is 4.90. The van der Waals surface area contributed by atoms with Gasteiger partial charge in [-0.05, 0) is 40.5 Å². The first kappa shape index (κ1) is 16.9. The second kappa shape index (κ2) is 6.76. The molecule has 2 amide bonds. The van der Waals surface area contributed by atoms with Gasteiger partial charge >= 0.3 is 11.8 Å². The molecule has 0 rings (SSSR count). The Hall–Kier alpha value is -1.06. The highest BCUT2D eigenvalue weighted by atomic mass is 16.2. The van der Waals surface area contributed by atoms with Gasteiger partial charge in [-0.3, -0.25) is 9.59 Å². The molecule has 0 aromatic heterocycles. The number of nitrogens with zero attached hydrogens (tertiary/aromatic N) is 2. The minimum Gasteiger partial charge on any atom is -0.334 e. The third-order valence-electron chi connectivity index (χ3n) is 2.81. The van der Waals surface area contributed by atoms with Crippen LogP contribution in [-0.4, -0.2) is 46.8 Å². The van der Waals surface area contributed by atoms with Gasteiger partial charge in [-0.15, -0.1) is 0 Å². The third-order valence-corrected chi connectivity index (χ3v) is 2.81. The summed E-state index contributed by atoms with van der Waals surface area (Å²) in [7, 11) is 0. The Kier molecular flexibility index (Phi) is 6.36. The first-order chi connectivity index (χ1) is 8.15. The Morgan fingerprint density at radius 3 is 1.78 bits per heavy atom. The van der Waals surface area contributed by atoms with E-state index < -0.39 is 5.91 Å². The molecule has 0 aliphatic carbocycles. The Morgan fingerprint density at radius 2 is 1.50 bits per heavy atom. The Morgan fingerprint density at radius 1 is 1.00 bits per heavy atom. The van der Waals surface area contributed by atoms with Gasteiger partial charge in [-0.2, -0.15) is 0 Å². The van der Waals surface area contributed by atoms with Crippen LogP contribution < -0.4 is 0 Å². The van der Waals surface area contributed by atoms with E-state index in [4.69, 9.17) is 0 Å². The maximum absolute atomic E-state index is 12.2. The van der Waals surface area contributed by atoms with E-state index in [2.05, 4.69) is 0 Å². The van der Waals surface area contributed by atoms with Crippen molar-refractivity contribution in [3.05, 3.63) is 0 Å². The average Bonchev–Trinajstić information content (AvgIpc) is 2.23. The molecule has 0 radical (unpaired) electrons. The van der Waals surface area contributed by atoms with E-state index >= 15 is 0 Å². The van der Waals surface area contributed by atoms with Crippen LogP contribution in [0.3, 0.4) is 0 Å². The van der Waals surface area contributed by atoms with Crippen molar-refractivity contribution < 1.29 is 9.59 Å². The molecule has 0 unspecified atom stereocenters. The molecular weight excluding hydrogens is 228 g/mol. The van der Waals surface area contributed by atoms with Crippen LogP contribution >= 0.6 is 0 Å². The lowest BCUT2D eigenvalue weighted by molar-refractivity contribution is -0.154. The molecule has 0 aliphatic rings. The summed E-state index contributed by atoms with van der Waals surface area (Å²) >= 11 is 0. The van der Waals surface area contributed by atoms with Crippen molar-refractivity contribution in [2.24, 2.45) is 5.92 Å². The van der Waals surface area contributed by atoms with Crippen molar-refractivity contribution in [3.8, 4) is 0 Å². The minimum atomic E-state index is -0.396. The van der Waals surface area contributed by atoms with E-state index in [1.54, 1.807) is 9.80 Å². The lowest BCUT2D eigenvalue weighted by Crippen LogP contribution is -2.52. The van der Waals surface area contributed by atoms with Gasteiger partial charge < -0.3 is 9.80 Å². The van der Waals surface area contributed by atoms with Gasteiger partial charge in [0.25, 0.3) is 0 Å². The van der Waals surface area contributed by atoms with Gasteiger partial charge in [-0.25, -0.2) is 0 Å². The highest BCUT2D eigenvalue weighted by Gasteiger charge is 2.32. The van der Waals surface area contributed by atoms with Crippen LogP contribution in [0.15, 0.2) is 0 Å². The second-order valence-electron chi connectivity index (χ2n) is 5.96. The summed E-state index contributed by atoms with van der Waals surface area (Å²) in [6.45, 7) is 15.5. The average molecular weight is 256 g/mol. The van der Waals surface area contributed by atoms with E-state index in [0.29, 0.717) is 25.6 Å². The molecule has 0 saturated heterocycles. The zero-order valence-corrected chi connectivity index (χ0v) is 12.9. The fourth-order valence-corrected chi connectivity index (χ4v) is 1.97. The zero-order valence-electron chi connectivity index (χ0n) is 12.9. The predicted octanol–water partition coefficient (Wildman–Crippen LogP) is 2.14. The second-order valence-corrected chi connectivity index (χ2v) is 5.96. The van der Waals surface area contributed by atoms with Crippen LogP contribution in [0, 0.1) is 5.92 Å². The van der Waals surface area contributed by atoms with Gasteiger partial charge in [0.1, 0.15) is 0 Å². The lowest BCUT2D eigenvalue weighted by atomic mass is 10.1. The van der Waals surface area contributed by atoms with Crippen LogP contribution in [0.25, 0.3) is 0 Å². The van der Waals surface area contributed by atoms with Gasteiger partial charge in [-0.1, -0.05) is 13.8 Å². The summed E-state index contributed by atoms with van der Waals surface area (Å²) < 4.78 is 0. The summed E-state index contributed by atoms with van der Waals surface area (Å²) in [4.78, 5) is 27.7. The molecule has 0 fully saturated rings. The number of carbonyl (C=O) groups is 2. The topological polar surface area (TPSA) is 40.6 Å². The standard InChI is InChI=1S/C14H28N2O2/c1-8-15(10-11(3)4)12(17)13(18)16(9-2)14(5,6)7/h11H,8-10H2,1-7H3. The van der Waals surface area contributed by atoms with Crippen molar-refractivity contribution >= 4 is 11.8 Å². The molecule has 0 bridgehead atoms. The third kappa shape index (κ3) is 4.67. The maximum Gasteiger partial charge on any atom is 0.312 e. The summed E-state index contributed by atoms with van der Waals surface area (Å²) in [6, 6.07) is 0. The maximum atomic E-state index is 12.2. The molecule has 0 aromatic carbocycles. The summed E-state index contributed by atoms with van der Waals surface area (Å²) in [5, 5.41) is 0. The van der Waals surface area contributed by atoms with Crippen LogP contribution in [-0.2, 0) is 9.59 Å². The molecule has 0 heterocycles. The summed E-state index contributed by atoms with van der Waals surface area (Å²) in [6.07, 6.45) is 0. The van der Waals surface area contributed by atoms with Gasteiger partial charge in [0, 0.05) is 25.2 Å². The number of hydrogen-bond donors (Lipinski definition) is 0.